The minimum atomic E-state index is -1.45. The van der Waals surface area contributed by atoms with Crippen LogP contribution in [0.2, 0.25) is 0 Å². The molecular formula is C10H17BN2O2. The van der Waals surface area contributed by atoms with E-state index in [9.17, 15) is 10.0 Å². The van der Waals surface area contributed by atoms with E-state index in [4.69, 9.17) is 5.73 Å². The molecule has 0 fully saturated rings. The summed E-state index contributed by atoms with van der Waals surface area (Å²) in [6.45, 7) is 0.441. The van der Waals surface area contributed by atoms with E-state index in [-0.39, 0.29) is 6.04 Å². The van der Waals surface area contributed by atoms with Gasteiger partial charge in [0.2, 0.25) is 0 Å². The first-order chi connectivity index (χ1) is 7.07. The highest BCUT2D eigenvalue weighted by Crippen LogP contribution is 2.14. The molecule has 0 bridgehead atoms. The third-order valence-corrected chi connectivity index (χ3v) is 2.48. The van der Waals surface area contributed by atoms with Gasteiger partial charge in [-0.05, 0) is 25.1 Å². The Bertz CT molecular complexity index is 318. The molecule has 0 radical (unpaired) electrons. The van der Waals surface area contributed by atoms with Crippen molar-refractivity contribution in [2.45, 2.75) is 6.04 Å². The van der Waals surface area contributed by atoms with Crippen LogP contribution in [0.25, 0.3) is 0 Å². The lowest BCUT2D eigenvalue weighted by Crippen LogP contribution is -2.38. The molecule has 1 aromatic rings. The zero-order valence-electron chi connectivity index (χ0n) is 9.09. The SMILES string of the molecule is CN(C)C(CN)c1ccccc1B(O)O. The fraction of sp³-hybridized carbons (Fsp3) is 0.400. The van der Waals surface area contributed by atoms with Gasteiger partial charge in [-0.1, -0.05) is 24.3 Å². The number of rotatable bonds is 4. The van der Waals surface area contributed by atoms with E-state index in [1.54, 1.807) is 12.1 Å². The fourth-order valence-corrected chi connectivity index (χ4v) is 1.67. The molecular weight excluding hydrogens is 191 g/mol. The van der Waals surface area contributed by atoms with Crippen LogP contribution in [-0.2, 0) is 0 Å². The van der Waals surface area contributed by atoms with Crippen molar-refractivity contribution in [3.05, 3.63) is 29.8 Å². The Morgan fingerprint density at radius 1 is 1.33 bits per heavy atom. The molecule has 82 valence electrons. The van der Waals surface area contributed by atoms with Gasteiger partial charge < -0.3 is 20.7 Å². The number of benzene rings is 1. The molecule has 0 aliphatic rings. The third kappa shape index (κ3) is 2.79. The minimum absolute atomic E-state index is 0.00278. The molecule has 0 spiro atoms. The van der Waals surface area contributed by atoms with E-state index in [0.29, 0.717) is 12.0 Å². The first-order valence-electron chi connectivity index (χ1n) is 4.89. The highest BCUT2D eigenvalue weighted by Gasteiger charge is 2.21. The van der Waals surface area contributed by atoms with Crippen molar-refractivity contribution in [2.24, 2.45) is 5.73 Å². The molecule has 1 rings (SSSR count). The summed E-state index contributed by atoms with van der Waals surface area (Å²) < 4.78 is 0. The quantitative estimate of drug-likeness (QED) is 0.551. The maximum Gasteiger partial charge on any atom is 0.488 e. The van der Waals surface area contributed by atoms with Crippen LogP contribution in [0.5, 0.6) is 0 Å². The summed E-state index contributed by atoms with van der Waals surface area (Å²) >= 11 is 0. The number of likely N-dealkylation sites (N-methyl/N-ethyl adjacent to an activating group) is 1. The predicted octanol–water partition coefficient (Wildman–Crippen LogP) is -1.07. The minimum Gasteiger partial charge on any atom is -0.423 e. The lowest BCUT2D eigenvalue weighted by molar-refractivity contribution is 0.306. The second-order valence-corrected chi connectivity index (χ2v) is 3.72. The molecule has 0 saturated carbocycles. The maximum atomic E-state index is 9.23. The Morgan fingerprint density at radius 3 is 2.40 bits per heavy atom. The van der Waals surface area contributed by atoms with Gasteiger partial charge in [0.25, 0.3) is 0 Å². The van der Waals surface area contributed by atoms with Crippen molar-refractivity contribution in [3.8, 4) is 0 Å². The van der Waals surface area contributed by atoms with E-state index in [1.165, 1.54) is 0 Å². The Balaban J connectivity index is 3.11. The van der Waals surface area contributed by atoms with Crippen molar-refractivity contribution in [3.63, 3.8) is 0 Å². The van der Waals surface area contributed by atoms with Crippen molar-refractivity contribution >= 4 is 12.6 Å². The van der Waals surface area contributed by atoms with E-state index in [2.05, 4.69) is 0 Å². The Kier molecular flexibility index (Phi) is 4.29. The van der Waals surface area contributed by atoms with Gasteiger partial charge in [-0.25, -0.2) is 0 Å². The van der Waals surface area contributed by atoms with Crippen LogP contribution < -0.4 is 11.2 Å². The molecule has 1 atom stereocenters. The van der Waals surface area contributed by atoms with Crippen molar-refractivity contribution in [1.29, 1.82) is 0 Å². The van der Waals surface area contributed by atoms with Gasteiger partial charge in [0.05, 0.1) is 0 Å². The van der Waals surface area contributed by atoms with E-state index in [1.807, 2.05) is 31.1 Å². The van der Waals surface area contributed by atoms with Crippen LogP contribution in [-0.4, -0.2) is 42.7 Å². The molecule has 4 N–H and O–H groups in total. The van der Waals surface area contributed by atoms with Gasteiger partial charge in [-0.3, -0.25) is 0 Å². The fourth-order valence-electron chi connectivity index (χ4n) is 1.67. The van der Waals surface area contributed by atoms with Crippen LogP contribution in [0.4, 0.5) is 0 Å². The van der Waals surface area contributed by atoms with E-state index < -0.39 is 7.12 Å². The average Bonchev–Trinajstić information content (AvgIpc) is 2.18. The summed E-state index contributed by atoms with van der Waals surface area (Å²) in [5, 5.41) is 18.5. The molecule has 0 amide bonds. The summed E-state index contributed by atoms with van der Waals surface area (Å²) in [7, 11) is 2.38. The summed E-state index contributed by atoms with van der Waals surface area (Å²) in [5.41, 5.74) is 7.05. The second-order valence-electron chi connectivity index (χ2n) is 3.72. The monoisotopic (exact) mass is 208 g/mol. The molecule has 0 saturated heterocycles. The average molecular weight is 208 g/mol. The highest BCUT2D eigenvalue weighted by atomic mass is 16.4. The summed E-state index contributed by atoms with van der Waals surface area (Å²) in [6.07, 6.45) is 0. The lowest BCUT2D eigenvalue weighted by atomic mass is 9.75. The topological polar surface area (TPSA) is 69.7 Å². The zero-order chi connectivity index (χ0) is 11.4. The Morgan fingerprint density at radius 2 is 1.93 bits per heavy atom. The summed E-state index contributed by atoms with van der Waals surface area (Å²) in [4.78, 5) is 1.96. The number of hydrogen-bond acceptors (Lipinski definition) is 4. The van der Waals surface area contributed by atoms with Crippen LogP contribution in [0, 0.1) is 0 Å². The second kappa shape index (κ2) is 5.28. The van der Waals surface area contributed by atoms with Crippen molar-refractivity contribution in [2.75, 3.05) is 20.6 Å². The molecule has 15 heavy (non-hydrogen) atoms. The van der Waals surface area contributed by atoms with Gasteiger partial charge in [0, 0.05) is 12.6 Å². The van der Waals surface area contributed by atoms with Crippen LogP contribution in [0.3, 0.4) is 0 Å². The number of nitrogens with two attached hydrogens (primary N) is 1. The molecule has 1 unspecified atom stereocenters. The molecule has 0 aromatic heterocycles. The zero-order valence-corrected chi connectivity index (χ0v) is 9.09. The predicted molar refractivity (Wildman–Crippen MR) is 61.8 cm³/mol. The van der Waals surface area contributed by atoms with Crippen LogP contribution in [0.15, 0.2) is 24.3 Å². The molecule has 0 heterocycles. The van der Waals surface area contributed by atoms with Gasteiger partial charge >= 0.3 is 7.12 Å². The molecule has 0 aliphatic heterocycles. The van der Waals surface area contributed by atoms with E-state index >= 15 is 0 Å². The number of nitrogens with zero attached hydrogens (tertiary/aromatic N) is 1. The Labute approximate surface area is 90.5 Å². The van der Waals surface area contributed by atoms with Crippen molar-refractivity contribution < 1.29 is 10.0 Å². The molecule has 4 nitrogen and oxygen atoms in total. The van der Waals surface area contributed by atoms with Gasteiger partial charge in [-0.15, -0.1) is 0 Å². The lowest BCUT2D eigenvalue weighted by Gasteiger charge is -2.25. The molecule has 0 aliphatic carbocycles. The molecule has 5 heteroatoms. The first-order valence-corrected chi connectivity index (χ1v) is 4.89. The van der Waals surface area contributed by atoms with Crippen LogP contribution in [0.1, 0.15) is 11.6 Å². The summed E-state index contributed by atoms with van der Waals surface area (Å²) in [6, 6.07) is 7.22. The number of hydrogen-bond donors (Lipinski definition) is 3. The van der Waals surface area contributed by atoms with Crippen molar-refractivity contribution in [1.82, 2.24) is 4.90 Å². The summed E-state index contributed by atoms with van der Waals surface area (Å²) in [5.74, 6) is 0. The van der Waals surface area contributed by atoms with Gasteiger partial charge in [0.1, 0.15) is 0 Å². The van der Waals surface area contributed by atoms with Crippen LogP contribution >= 0.6 is 0 Å². The smallest absolute Gasteiger partial charge is 0.423 e. The van der Waals surface area contributed by atoms with Gasteiger partial charge in [0.15, 0.2) is 0 Å². The normalized spacial score (nSPS) is 12.9. The maximum absolute atomic E-state index is 9.23. The largest absolute Gasteiger partial charge is 0.488 e. The van der Waals surface area contributed by atoms with Gasteiger partial charge in [-0.2, -0.15) is 0 Å². The molecule has 1 aromatic carbocycles. The highest BCUT2D eigenvalue weighted by molar-refractivity contribution is 6.59. The standard InChI is InChI=1S/C10H17BN2O2/c1-13(2)10(7-12)8-5-3-4-6-9(8)11(14)15/h3-6,10,14-15H,7,12H2,1-2H3. The Hall–Kier alpha value is -0.875. The first kappa shape index (κ1) is 12.2. The van der Waals surface area contributed by atoms with E-state index in [0.717, 1.165) is 5.56 Å². The third-order valence-electron chi connectivity index (χ3n) is 2.48.